The summed E-state index contributed by atoms with van der Waals surface area (Å²) in [5, 5.41) is 3.17. The molecule has 1 aliphatic heterocycles. The standard InChI is InChI=1S/C19H27N3O2/c1-13-6-8-16(9-7-13)22-12-15(10-18(22)23)19(24)21-17-5-3-2-4-14(17)11-20/h6-9,14-15,17H,2-5,10-12,20H2,1H3,(H,21,24). The van der Waals surface area contributed by atoms with Crippen LogP contribution >= 0.6 is 0 Å². The third kappa shape index (κ3) is 3.61. The molecule has 0 bridgehead atoms. The monoisotopic (exact) mass is 329 g/mol. The van der Waals surface area contributed by atoms with Crippen molar-refractivity contribution < 1.29 is 9.59 Å². The maximum absolute atomic E-state index is 12.6. The first-order valence-electron chi connectivity index (χ1n) is 8.96. The Kier molecular flexibility index (Phi) is 5.19. The van der Waals surface area contributed by atoms with Crippen LogP contribution in [0.4, 0.5) is 5.69 Å². The van der Waals surface area contributed by atoms with E-state index in [2.05, 4.69) is 5.32 Å². The molecule has 2 fully saturated rings. The molecule has 1 saturated heterocycles. The maximum Gasteiger partial charge on any atom is 0.227 e. The third-order valence-corrected chi connectivity index (χ3v) is 5.38. The van der Waals surface area contributed by atoms with E-state index < -0.39 is 0 Å². The minimum absolute atomic E-state index is 0.00307. The summed E-state index contributed by atoms with van der Waals surface area (Å²) in [6.45, 7) is 3.10. The second-order valence-electron chi connectivity index (χ2n) is 7.14. The number of nitrogens with zero attached hydrogens (tertiary/aromatic N) is 1. The van der Waals surface area contributed by atoms with Crippen molar-refractivity contribution in [3.05, 3.63) is 29.8 Å². The smallest absolute Gasteiger partial charge is 0.227 e. The molecule has 24 heavy (non-hydrogen) atoms. The molecule has 1 heterocycles. The van der Waals surface area contributed by atoms with E-state index in [1.54, 1.807) is 4.90 Å². The first-order chi connectivity index (χ1) is 11.6. The van der Waals surface area contributed by atoms with Crippen LogP contribution in [-0.4, -0.2) is 30.9 Å². The van der Waals surface area contributed by atoms with Gasteiger partial charge >= 0.3 is 0 Å². The van der Waals surface area contributed by atoms with E-state index >= 15 is 0 Å². The Morgan fingerprint density at radius 3 is 2.67 bits per heavy atom. The molecule has 1 saturated carbocycles. The van der Waals surface area contributed by atoms with Gasteiger partial charge in [-0.3, -0.25) is 9.59 Å². The van der Waals surface area contributed by atoms with E-state index in [1.807, 2.05) is 31.2 Å². The number of carbonyl (C=O) groups excluding carboxylic acids is 2. The van der Waals surface area contributed by atoms with Crippen LogP contribution in [0.1, 0.15) is 37.7 Å². The molecule has 1 aromatic carbocycles. The Labute approximate surface area is 143 Å². The van der Waals surface area contributed by atoms with Crippen LogP contribution in [0.2, 0.25) is 0 Å². The lowest BCUT2D eigenvalue weighted by Gasteiger charge is -2.32. The SMILES string of the molecule is Cc1ccc(N2CC(C(=O)NC3CCCCC3CN)CC2=O)cc1. The molecule has 5 nitrogen and oxygen atoms in total. The maximum atomic E-state index is 12.6. The molecule has 130 valence electrons. The average Bonchev–Trinajstić information content (AvgIpc) is 2.98. The van der Waals surface area contributed by atoms with Crippen molar-refractivity contribution in [1.29, 1.82) is 0 Å². The summed E-state index contributed by atoms with van der Waals surface area (Å²) < 4.78 is 0. The zero-order valence-corrected chi connectivity index (χ0v) is 14.3. The highest BCUT2D eigenvalue weighted by Crippen LogP contribution is 2.27. The molecule has 3 unspecified atom stereocenters. The van der Waals surface area contributed by atoms with Crippen LogP contribution in [0, 0.1) is 18.8 Å². The molecule has 3 rings (SSSR count). The molecule has 1 aromatic rings. The summed E-state index contributed by atoms with van der Waals surface area (Å²) in [6.07, 6.45) is 4.70. The van der Waals surface area contributed by atoms with E-state index in [0.29, 0.717) is 25.4 Å². The number of benzene rings is 1. The Morgan fingerprint density at radius 2 is 1.96 bits per heavy atom. The van der Waals surface area contributed by atoms with Gasteiger partial charge in [-0.1, -0.05) is 30.5 Å². The number of carbonyl (C=O) groups is 2. The zero-order valence-electron chi connectivity index (χ0n) is 14.3. The topological polar surface area (TPSA) is 75.4 Å². The zero-order chi connectivity index (χ0) is 17.1. The molecule has 3 N–H and O–H groups in total. The lowest BCUT2D eigenvalue weighted by atomic mass is 9.84. The fourth-order valence-electron chi connectivity index (χ4n) is 3.84. The minimum atomic E-state index is -0.265. The van der Waals surface area contributed by atoms with Crippen molar-refractivity contribution in [2.75, 3.05) is 18.0 Å². The molecule has 2 amide bonds. The van der Waals surface area contributed by atoms with Gasteiger partial charge in [-0.05, 0) is 44.4 Å². The molecule has 1 aliphatic carbocycles. The summed E-state index contributed by atoms with van der Waals surface area (Å²) in [6, 6.07) is 8.03. The minimum Gasteiger partial charge on any atom is -0.353 e. The van der Waals surface area contributed by atoms with Crippen molar-refractivity contribution in [3.63, 3.8) is 0 Å². The van der Waals surface area contributed by atoms with Gasteiger partial charge in [0.25, 0.3) is 0 Å². The summed E-state index contributed by atoms with van der Waals surface area (Å²) in [7, 11) is 0. The van der Waals surface area contributed by atoms with Gasteiger partial charge in [-0.15, -0.1) is 0 Å². The first-order valence-corrected chi connectivity index (χ1v) is 8.96. The van der Waals surface area contributed by atoms with Crippen LogP contribution in [-0.2, 0) is 9.59 Å². The van der Waals surface area contributed by atoms with Crippen molar-refractivity contribution in [2.45, 2.75) is 45.1 Å². The van der Waals surface area contributed by atoms with Crippen LogP contribution in [0.5, 0.6) is 0 Å². The Morgan fingerprint density at radius 1 is 1.25 bits per heavy atom. The number of amides is 2. The molecular weight excluding hydrogens is 302 g/mol. The molecule has 0 spiro atoms. The number of hydrogen-bond acceptors (Lipinski definition) is 3. The van der Waals surface area contributed by atoms with Crippen LogP contribution in [0.25, 0.3) is 0 Å². The Bertz CT molecular complexity index is 599. The van der Waals surface area contributed by atoms with Crippen molar-refractivity contribution in [1.82, 2.24) is 5.32 Å². The number of nitrogens with two attached hydrogens (primary N) is 1. The van der Waals surface area contributed by atoms with E-state index in [1.165, 1.54) is 6.42 Å². The predicted molar refractivity (Wildman–Crippen MR) is 94.6 cm³/mol. The lowest BCUT2D eigenvalue weighted by molar-refractivity contribution is -0.127. The largest absolute Gasteiger partial charge is 0.353 e. The third-order valence-electron chi connectivity index (χ3n) is 5.38. The van der Waals surface area contributed by atoms with Gasteiger partial charge in [-0.2, -0.15) is 0 Å². The van der Waals surface area contributed by atoms with Gasteiger partial charge in [0.2, 0.25) is 11.8 Å². The highest BCUT2D eigenvalue weighted by Gasteiger charge is 2.36. The fourth-order valence-corrected chi connectivity index (χ4v) is 3.84. The highest BCUT2D eigenvalue weighted by atomic mass is 16.2. The first kappa shape index (κ1) is 17.0. The van der Waals surface area contributed by atoms with Gasteiger partial charge in [0.15, 0.2) is 0 Å². The van der Waals surface area contributed by atoms with Crippen molar-refractivity contribution in [2.24, 2.45) is 17.6 Å². The quantitative estimate of drug-likeness (QED) is 0.887. The average molecular weight is 329 g/mol. The van der Waals surface area contributed by atoms with Gasteiger partial charge in [0.1, 0.15) is 0 Å². The molecule has 0 aromatic heterocycles. The van der Waals surface area contributed by atoms with Gasteiger partial charge in [0.05, 0.1) is 5.92 Å². The van der Waals surface area contributed by atoms with Crippen LogP contribution in [0.3, 0.4) is 0 Å². The van der Waals surface area contributed by atoms with Gasteiger partial charge < -0.3 is 16.0 Å². The molecule has 2 aliphatic rings. The van der Waals surface area contributed by atoms with Crippen LogP contribution in [0.15, 0.2) is 24.3 Å². The van der Waals surface area contributed by atoms with Gasteiger partial charge in [-0.25, -0.2) is 0 Å². The fraction of sp³-hybridized carbons (Fsp3) is 0.579. The normalized spacial score (nSPS) is 27.3. The second-order valence-corrected chi connectivity index (χ2v) is 7.14. The molecule has 3 atom stereocenters. The predicted octanol–water partition coefficient (Wildman–Crippen LogP) is 1.98. The Balaban J connectivity index is 1.62. The van der Waals surface area contributed by atoms with Crippen LogP contribution < -0.4 is 16.0 Å². The summed E-state index contributed by atoms with van der Waals surface area (Å²) in [5.74, 6) is 0.133. The summed E-state index contributed by atoms with van der Waals surface area (Å²) in [5.41, 5.74) is 7.87. The number of anilines is 1. The number of hydrogen-bond donors (Lipinski definition) is 2. The van der Waals surface area contributed by atoms with Crippen molar-refractivity contribution in [3.8, 4) is 0 Å². The number of nitrogens with one attached hydrogen (secondary N) is 1. The number of rotatable bonds is 4. The molecular formula is C19H27N3O2. The lowest BCUT2D eigenvalue weighted by Crippen LogP contribution is -2.47. The van der Waals surface area contributed by atoms with E-state index in [-0.39, 0.29) is 23.8 Å². The summed E-state index contributed by atoms with van der Waals surface area (Å²) >= 11 is 0. The molecule has 5 heteroatoms. The number of aryl methyl sites for hydroxylation is 1. The van der Waals surface area contributed by atoms with E-state index in [9.17, 15) is 9.59 Å². The van der Waals surface area contributed by atoms with Crippen molar-refractivity contribution >= 4 is 17.5 Å². The van der Waals surface area contributed by atoms with E-state index in [4.69, 9.17) is 5.73 Å². The highest BCUT2D eigenvalue weighted by molar-refractivity contribution is 6.00. The second kappa shape index (κ2) is 7.34. The van der Waals surface area contributed by atoms with E-state index in [0.717, 1.165) is 30.5 Å². The Hall–Kier alpha value is -1.88. The molecule has 0 radical (unpaired) electrons. The summed E-state index contributed by atoms with van der Waals surface area (Å²) in [4.78, 5) is 26.7. The van der Waals surface area contributed by atoms with Gasteiger partial charge in [0, 0.05) is 24.7 Å².